The summed E-state index contributed by atoms with van der Waals surface area (Å²) >= 11 is 0. The lowest BCUT2D eigenvalue weighted by Gasteiger charge is -2.38. The number of unbranched alkanes of at least 4 members (excludes halogenated alkanes) is 2. The standard InChI is InChI=1S/C29H49N3O5/c1-10-11-12-17-30-26(34)25(23-15-16-24(33)20(4)18-23)32(21(5)14-13-19(2)3)27(35)22(6)31-28(36)37-29(7,8)9/h15-16,18-19,21-22,25,33H,10-14,17H2,1-9H3,(H,30,34)(H,31,36). The van der Waals surface area contributed by atoms with Gasteiger partial charge in [-0.15, -0.1) is 0 Å². The Labute approximate surface area is 223 Å². The van der Waals surface area contributed by atoms with Gasteiger partial charge in [0.25, 0.3) is 0 Å². The summed E-state index contributed by atoms with van der Waals surface area (Å²) in [6.45, 7) is 17.4. The van der Waals surface area contributed by atoms with Gasteiger partial charge in [0, 0.05) is 12.6 Å². The van der Waals surface area contributed by atoms with Crippen molar-refractivity contribution in [2.75, 3.05) is 6.54 Å². The first-order chi connectivity index (χ1) is 17.2. The van der Waals surface area contributed by atoms with Crippen molar-refractivity contribution in [2.24, 2.45) is 5.92 Å². The van der Waals surface area contributed by atoms with Crippen LogP contribution in [-0.2, 0) is 14.3 Å². The lowest BCUT2D eigenvalue weighted by Crippen LogP contribution is -2.54. The van der Waals surface area contributed by atoms with Gasteiger partial charge in [-0.2, -0.15) is 0 Å². The zero-order valence-electron chi connectivity index (χ0n) is 24.3. The highest BCUT2D eigenvalue weighted by Gasteiger charge is 2.37. The van der Waals surface area contributed by atoms with Crippen molar-refractivity contribution in [2.45, 2.75) is 118 Å². The van der Waals surface area contributed by atoms with E-state index in [4.69, 9.17) is 4.74 Å². The average molecular weight is 520 g/mol. The van der Waals surface area contributed by atoms with Crippen molar-refractivity contribution in [1.82, 2.24) is 15.5 Å². The van der Waals surface area contributed by atoms with Crippen LogP contribution >= 0.6 is 0 Å². The van der Waals surface area contributed by atoms with Crippen LogP contribution in [0.15, 0.2) is 18.2 Å². The number of rotatable bonds is 13. The number of benzene rings is 1. The number of aryl methyl sites for hydroxylation is 1. The van der Waals surface area contributed by atoms with E-state index in [0.29, 0.717) is 30.0 Å². The molecule has 0 saturated heterocycles. The summed E-state index contributed by atoms with van der Waals surface area (Å²) in [6, 6.07) is 2.86. The molecule has 0 heterocycles. The topological polar surface area (TPSA) is 108 Å². The molecule has 3 amide bonds. The highest BCUT2D eigenvalue weighted by Crippen LogP contribution is 2.30. The van der Waals surface area contributed by atoms with E-state index in [1.165, 1.54) is 0 Å². The van der Waals surface area contributed by atoms with Crippen LogP contribution in [0.3, 0.4) is 0 Å². The molecule has 0 aromatic heterocycles. The molecule has 0 aliphatic rings. The Bertz CT molecular complexity index is 894. The van der Waals surface area contributed by atoms with E-state index < -0.39 is 23.8 Å². The third kappa shape index (κ3) is 11.0. The summed E-state index contributed by atoms with van der Waals surface area (Å²) < 4.78 is 5.35. The maximum Gasteiger partial charge on any atom is 0.408 e. The first-order valence-corrected chi connectivity index (χ1v) is 13.6. The van der Waals surface area contributed by atoms with Gasteiger partial charge >= 0.3 is 6.09 Å². The second kappa shape index (κ2) is 14.8. The number of carbonyl (C=O) groups excluding carboxylic acids is 3. The molecule has 3 atom stereocenters. The van der Waals surface area contributed by atoms with E-state index >= 15 is 0 Å². The second-order valence-corrected chi connectivity index (χ2v) is 11.4. The number of aromatic hydroxyl groups is 1. The normalized spacial score (nSPS) is 14.0. The fourth-order valence-electron chi connectivity index (χ4n) is 4.05. The van der Waals surface area contributed by atoms with Crippen LogP contribution in [-0.4, -0.2) is 52.1 Å². The van der Waals surface area contributed by atoms with Crippen LogP contribution in [0, 0.1) is 12.8 Å². The SMILES string of the molecule is CCCCCNC(=O)C(c1ccc(O)c(C)c1)N(C(=O)C(C)NC(=O)OC(C)(C)C)C(C)CCC(C)C. The first-order valence-electron chi connectivity index (χ1n) is 13.6. The van der Waals surface area contributed by atoms with Gasteiger partial charge in [0.1, 0.15) is 23.4 Å². The Kier molecular flexibility index (Phi) is 12.9. The number of hydrogen-bond donors (Lipinski definition) is 3. The van der Waals surface area contributed by atoms with E-state index in [-0.39, 0.29) is 23.6 Å². The van der Waals surface area contributed by atoms with Crippen molar-refractivity contribution < 1.29 is 24.2 Å². The molecule has 3 unspecified atom stereocenters. The molecule has 0 fully saturated rings. The summed E-state index contributed by atoms with van der Waals surface area (Å²) in [5, 5.41) is 15.8. The minimum absolute atomic E-state index is 0.122. The van der Waals surface area contributed by atoms with Gasteiger partial charge < -0.3 is 25.4 Å². The van der Waals surface area contributed by atoms with Crippen molar-refractivity contribution in [3.63, 3.8) is 0 Å². The predicted molar refractivity (Wildman–Crippen MR) is 147 cm³/mol. The van der Waals surface area contributed by atoms with Gasteiger partial charge in [-0.1, -0.05) is 39.7 Å². The summed E-state index contributed by atoms with van der Waals surface area (Å²) in [4.78, 5) is 41.6. The quantitative estimate of drug-likeness (QED) is 0.293. The molecule has 1 aromatic rings. The zero-order chi connectivity index (χ0) is 28.3. The minimum Gasteiger partial charge on any atom is -0.508 e. The lowest BCUT2D eigenvalue weighted by atomic mass is 9.96. The maximum absolute atomic E-state index is 13.9. The molecule has 37 heavy (non-hydrogen) atoms. The third-order valence-electron chi connectivity index (χ3n) is 6.14. The van der Waals surface area contributed by atoms with Crippen molar-refractivity contribution in [3.05, 3.63) is 29.3 Å². The molecule has 210 valence electrons. The Morgan fingerprint density at radius 3 is 2.24 bits per heavy atom. The number of nitrogens with zero attached hydrogens (tertiary/aromatic N) is 1. The van der Waals surface area contributed by atoms with Gasteiger partial charge in [0.2, 0.25) is 11.8 Å². The predicted octanol–water partition coefficient (Wildman–Crippen LogP) is 5.61. The van der Waals surface area contributed by atoms with Crippen LogP contribution < -0.4 is 10.6 Å². The Hall–Kier alpha value is -2.77. The second-order valence-electron chi connectivity index (χ2n) is 11.4. The van der Waals surface area contributed by atoms with Crippen LogP contribution in [0.1, 0.15) is 105 Å². The van der Waals surface area contributed by atoms with E-state index in [1.54, 1.807) is 57.7 Å². The number of phenols is 1. The highest BCUT2D eigenvalue weighted by molar-refractivity contribution is 5.92. The van der Waals surface area contributed by atoms with E-state index in [9.17, 15) is 19.5 Å². The van der Waals surface area contributed by atoms with Crippen molar-refractivity contribution in [3.8, 4) is 5.75 Å². The van der Waals surface area contributed by atoms with Crippen LogP contribution in [0.2, 0.25) is 0 Å². The third-order valence-corrected chi connectivity index (χ3v) is 6.14. The molecule has 8 nitrogen and oxygen atoms in total. The lowest BCUT2D eigenvalue weighted by molar-refractivity contribution is -0.144. The number of ether oxygens (including phenoxy) is 1. The molecule has 1 rings (SSSR count). The number of nitrogens with one attached hydrogen (secondary N) is 2. The van der Waals surface area contributed by atoms with Crippen molar-refractivity contribution >= 4 is 17.9 Å². The Balaban J connectivity index is 3.43. The maximum atomic E-state index is 13.9. The molecule has 3 N–H and O–H groups in total. The summed E-state index contributed by atoms with van der Waals surface area (Å²) in [5.41, 5.74) is 0.516. The number of hydrogen-bond acceptors (Lipinski definition) is 5. The van der Waals surface area contributed by atoms with Crippen molar-refractivity contribution in [1.29, 1.82) is 0 Å². The fourth-order valence-corrected chi connectivity index (χ4v) is 4.05. The smallest absolute Gasteiger partial charge is 0.408 e. The number of alkyl carbamates (subject to hydrolysis) is 1. The van der Waals surface area contributed by atoms with Crippen LogP contribution in [0.5, 0.6) is 5.75 Å². The first kappa shape index (κ1) is 32.3. The molecular formula is C29H49N3O5. The van der Waals surface area contributed by atoms with E-state index in [0.717, 1.165) is 25.7 Å². The molecule has 8 heteroatoms. The number of amides is 3. The molecule has 0 bridgehead atoms. The van der Waals surface area contributed by atoms with Crippen LogP contribution in [0.25, 0.3) is 0 Å². The molecule has 0 saturated carbocycles. The van der Waals surface area contributed by atoms with Gasteiger partial charge in [0.05, 0.1) is 0 Å². The summed E-state index contributed by atoms with van der Waals surface area (Å²) in [5.74, 6) is -0.109. The summed E-state index contributed by atoms with van der Waals surface area (Å²) in [7, 11) is 0. The van der Waals surface area contributed by atoms with E-state index in [2.05, 4.69) is 31.4 Å². The van der Waals surface area contributed by atoms with Gasteiger partial charge in [-0.3, -0.25) is 9.59 Å². The van der Waals surface area contributed by atoms with Gasteiger partial charge in [-0.25, -0.2) is 4.79 Å². The molecule has 0 aliphatic heterocycles. The molecular weight excluding hydrogens is 470 g/mol. The highest BCUT2D eigenvalue weighted by atomic mass is 16.6. The van der Waals surface area contributed by atoms with E-state index in [1.807, 2.05) is 6.92 Å². The fraction of sp³-hybridized carbons (Fsp3) is 0.690. The van der Waals surface area contributed by atoms with Gasteiger partial charge in [0.15, 0.2) is 0 Å². The Morgan fingerprint density at radius 1 is 1.05 bits per heavy atom. The largest absolute Gasteiger partial charge is 0.508 e. The Morgan fingerprint density at radius 2 is 1.70 bits per heavy atom. The number of phenolic OH excluding ortho intramolecular Hbond substituents is 1. The molecule has 0 aliphatic carbocycles. The molecule has 1 aromatic carbocycles. The zero-order valence-corrected chi connectivity index (χ0v) is 24.3. The average Bonchev–Trinajstić information content (AvgIpc) is 2.78. The summed E-state index contributed by atoms with van der Waals surface area (Å²) in [6.07, 6.45) is 3.74. The minimum atomic E-state index is -0.918. The molecule has 0 radical (unpaired) electrons. The van der Waals surface area contributed by atoms with Gasteiger partial charge in [-0.05, 0) is 90.0 Å². The molecule has 0 spiro atoms. The number of carbonyl (C=O) groups is 3. The monoisotopic (exact) mass is 519 g/mol. The van der Waals surface area contributed by atoms with Crippen LogP contribution in [0.4, 0.5) is 4.79 Å².